The Kier molecular flexibility index (Phi) is 7.59. The average Bonchev–Trinajstić information content (AvgIpc) is 3.23. The van der Waals surface area contributed by atoms with Gasteiger partial charge in [0.15, 0.2) is 5.82 Å². The summed E-state index contributed by atoms with van der Waals surface area (Å²) in [6.07, 6.45) is 3.21. The lowest BCUT2D eigenvalue weighted by molar-refractivity contribution is -0.117. The zero-order chi connectivity index (χ0) is 28.3. The van der Waals surface area contributed by atoms with Crippen molar-refractivity contribution in [3.8, 4) is 5.75 Å². The number of halogens is 1. The number of rotatable bonds is 9. The van der Waals surface area contributed by atoms with E-state index in [1.807, 2.05) is 41.1 Å². The van der Waals surface area contributed by atoms with E-state index in [1.54, 1.807) is 36.4 Å². The van der Waals surface area contributed by atoms with E-state index >= 15 is 4.39 Å². The Morgan fingerprint density at radius 1 is 1.15 bits per heavy atom. The maximum absolute atomic E-state index is 16.4. The molecule has 1 fully saturated rings. The first-order chi connectivity index (χ1) is 19.2. The van der Waals surface area contributed by atoms with Crippen LogP contribution in [-0.4, -0.2) is 32.3 Å². The van der Waals surface area contributed by atoms with Gasteiger partial charge in [-0.1, -0.05) is 54.6 Å². The minimum absolute atomic E-state index is 0.0294. The summed E-state index contributed by atoms with van der Waals surface area (Å²) in [5.41, 5.74) is 6.97. The molecule has 1 saturated heterocycles. The van der Waals surface area contributed by atoms with Gasteiger partial charge in [-0.25, -0.2) is 18.8 Å². The van der Waals surface area contributed by atoms with Crippen LogP contribution < -0.4 is 24.6 Å². The molecule has 2 aliphatic rings. The first-order valence-corrected chi connectivity index (χ1v) is 14.2. The van der Waals surface area contributed by atoms with E-state index in [2.05, 4.69) is 17.4 Å². The van der Waals surface area contributed by atoms with E-state index < -0.39 is 34.0 Å². The predicted octanol–water partition coefficient (Wildman–Crippen LogP) is 3.32. The molecule has 5 rings (SSSR count). The number of nitrogens with one attached hydrogen (secondary N) is 3. The fourth-order valence-electron chi connectivity index (χ4n) is 5.10. The summed E-state index contributed by atoms with van der Waals surface area (Å²) >= 11 is 0. The third-order valence-electron chi connectivity index (χ3n) is 7.11. The smallest absolute Gasteiger partial charge is 0.326 e. The van der Waals surface area contributed by atoms with Crippen LogP contribution in [0.4, 0.5) is 10.1 Å². The summed E-state index contributed by atoms with van der Waals surface area (Å²) < 4.78 is 50.5. The minimum atomic E-state index is -4.31. The highest BCUT2D eigenvalue weighted by atomic mass is 32.2. The number of amides is 2. The third kappa shape index (κ3) is 5.56. The molecule has 3 N–H and O–H groups in total. The molecule has 0 radical (unpaired) electrons. The van der Waals surface area contributed by atoms with Gasteiger partial charge >= 0.3 is 10.2 Å². The number of nitrogens with zero attached hydrogens (tertiary/aromatic N) is 1. The lowest BCUT2D eigenvalue weighted by atomic mass is 9.76. The van der Waals surface area contributed by atoms with Gasteiger partial charge in [-0.05, 0) is 60.6 Å². The lowest BCUT2D eigenvalue weighted by Crippen LogP contribution is -2.57. The van der Waals surface area contributed by atoms with E-state index in [-0.39, 0.29) is 35.9 Å². The number of carbonyl (C=O) groups is 2. The average molecular weight is 565 g/mol. The highest BCUT2D eigenvalue weighted by Crippen LogP contribution is 2.43. The van der Waals surface area contributed by atoms with Crippen molar-refractivity contribution in [1.82, 2.24) is 15.6 Å². The fraction of sp³-hybridized carbons (Fsp3) is 0.241. The molecular weight excluding hydrogens is 535 g/mol. The number of aryl methyl sites for hydroxylation is 1. The van der Waals surface area contributed by atoms with Crippen molar-refractivity contribution < 1.29 is 27.1 Å². The highest BCUT2D eigenvalue weighted by molar-refractivity contribution is 7.92. The maximum Gasteiger partial charge on any atom is 0.326 e. The van der Waals surface area contributed by atoms with Gasteiger partial charge < -0.3 is 4.74 Å². The van der Waals surface area contributed by atoms with Gasteiger partial charge in [-0.3, -0.25) is 15.0 Å². The summed E-state index contributed by atoms with van der Waals surface area (Å²) in [5.74, 6) is -1.86. The SMILES string of the molecule is C=CCC1(NNC(=O)c2ccccc2)CCc2cc(OCc3ccccc3)c(N3CC(=O)NS3(=O)=O)c(F)c2C1. The molecule has 0 aromatic heterocycles. The van der Waals surface area contributed by atoms with Gasteiger partial charge in [0.1, 0.15) is 24.6 Å². The monoisotopic (exact) mass is 564 g/mol. The van der Waals surface area contributed by atoms with Crippen molar-refractivity contribution in [2.24, 2.45) is 0 Å². The van der Waals surface area contributed by atoms with Crippen LogP contribution in [0.2, 0.25) is 0 Å². The Balaban J connectivity index is 1.50. The Bertz CT molecular complexity index is 1550. The number of hydrazine groups is 1. The fourth-order valence-corrected chi connectivity index (χ4v) is 6.26. The second-order valence-electron chi connectivity index (χ2n) is 9.88. The Morgan fingerprint density at radius 2 is 1.85 bits per heavy atom. The van der Waals surface area contributed by atoms with Gasteiger partial charge in [-0.15, -0.1) is 6.58 Å². The zero-order valence-corrected chi connectivity index (χ0v) is 22.5. The molecule has 1 atom stereocenters. The van der Waals surface area contributed by atoms with Gasteiger partial charge in [0.05, 0.1) is 0 Å². The van der Waals surface area contributed by atoms with Crippen LogP contribution in [0.15, 0.2) is 79.4 Å². The van der Waals surface area contributed by atoms with E-state index in [0.717, 1.165) is 5.56 Å². The number of benzene rings is 3. The van der Waals surface area contributed by atoms with Crippen molar-refractivity contribution in [1.29, 1.82) is 0 Å². The topological polar surface area (TPSA) is 117 Å². The molecule has 1 aliphatic heterocycles. The second kappa shape index (κ2) is 11.1. The van der Waals surface area contributed by atoms with Crippen molar-refractivity contribution in [2.45, 2.75) is 37.8 Å². The molecule has 3 aromatic rings. The lowest BCUT2D eigenvalue weighted by Gasteiger charge is -2.39. The van der Waals surface area contributed by atoms with E-state index in [0.29, 0.717) is 34.7 Å². The molecule has 9 nitrogen and oxygen atoms in total. The molecule has 208 valence electrons. The van der Waals surface area contributed by atoms with Gasteiger partial charge in [0.25, 0.3) is 11.8 Å². The number of carbonyl (C=O) groups excluding carboxylic acids is 2. The minimum Gasteiger partial charge on any atom is -0.487 e. The van der Waals surface area contributed by atoms with Crippen molar-refractivity contribution in [3.05, 3.63) is 107 Å². The molecule has 1 aliphatic carbocycles. The summed E-state index contributed by atoms with van der Waals surface area (Å²) in [6.45, 7) is 3.35. The summed E-state index contributed by atoms with van der Waals surface area (Å²) in [6, 6.07) is 19.5. The van der Waals surface area contributed by atoms with Crippen LogP contribution in [0.3, 0.4) is 0 Å². The van der Waals surface area contributed by atoms with E-state index in [1.165, 1.54) is 0 Å². The summed E-state index contributed by atoms with van der Waals surface area (Å²) in [5, 5.41) is 0. The third-order valence-corrected chi connectivity index (χ3v) is 8.48. The molecular formula is C29H29FN4O5S. The number of hydrogen-bond donors (Lipinski definition) is 3. The molecule has 3 aromatic carbocycles. The molecule has 0 saturated carbocycles. The zero-order valence-electron chi connectivity index (χ0n) is 21.7. The van der Waals surface area contributed by atoms with Crippen LogP contribution in [0.25, 0.3) is 0 Å². The first kappa shape index (κ1) is 27.4. The predicted molar refractivity (Wildman–Crippen MR) is 148 cm³/mol. The summed E-state index contributed by atoms with van der Waals surface area (Å²) in [7, 11) is -4.31. The van der Waals surface area contributed by atoms with Crippen molar-refractivity contribution >= 4 is 27.7 Å². The molecule has 2 amide bonds. The number of ether oxygens (including phenoxy) is 1. The molecule has 0 bridgehead atoms. The normalized spacial score (nSPS) is 19.4. The second-order valence-corrected chi connectivity index (χ2v) is 11.5. The Labute approximate surface area is 232 Å². The maximum atomic E-state index is 16.4. The number of fused-ring (bicyclic) bond motifs is 1. The number of hydrogen-bond acceptors (Lipinski definition) is 6. The van der Waals surface area contributed by atoms with Crippen LogP contribution in [0.5, 0.6) is 5.75 Å². The molecule has 1 unspecified atom stereocenters. The van der Waals surface area contributed by atoms with Crippen LogP contribution in [0, 0.1) is 5.82 Å². The molecule has 40 heavy (non-hydrogen) atoms. The largest absolute Gasteiger partial charge is 0.487 e. The molecule has 1 heterocycles. The molecule has 0 spiro atoms. The van der Waals surface area contributed by atoms with Crippen LogP contribution in [0.1, 0.15) is 39.9 Å². The van der Waals surface area contributed by atoms with Crippen LogP contribution in [-0.2, 0) is 34.5 Å². The Hall–Kier alpha value is -4.22. The number of anilines is 1. The van der Waals surface area contributed by atoms with Crippen LogP contribution >= 0.6 is 0 Å². The van der Waals surface area contributed by atoms with Gasteiger partial charge in [-0.2, -0.15) is 8.42 Å². The highest BCUT2D eigenvalue weighted by Gasteiger charge is 2.42. The van der Waals surface area contributed by atoms with Crippen molar-refractivity contribution in [3.63, 3.8) is 0 Å². The first-order valence-electron chi connectivity index (χ1n) is 12.8. The quantitative estimate of drug-likeness (QED) is 0.271. The van der Waals surface area contributed by atoms with Crippen molar-refractivity contribution in [2.75, 3.05) is 10.8 Å². The van der Waals surface area contributed by atoms with Gasteiger partial charge in [0.2, 0.25) is 0 Å². The molecule has 11 heteroatoms. The van der Waals surface area contributed by atoms with E-state index in [4.69, 9.17) is 4.74 Å². The Morgan fingerprint density at radius 3 is 2.50 bits per heavy atom. The summed E-state index contributed by atoms with van der Waals surface area (Å²) in [4.78, 5) is 24.7. The van der Waals surface area contributed by atoms with Gasteiger partial charge in [0, 0.05) is 11.1 Å². The van der Waals surface area contributed by atoms with E-state index in [9.17, 15) is 18.0 Å². The standard InChI is InChI=1S/C29H29FN4O5S/c1-2-14-29(33-31-28(36)21-11-7-4-8-12-21)15-13-22-16-24(39-19-20-9-5-3-6-10-20)27(26(30)23(22)17-29)34-18-25(35)32-40(34,37)38/h2-12,16,33H,1,13-15,17-19H2,(H,31,36)(H,32,35).